The minimum Gasteiger partial charge on any atom is -0.497 e. The molecular weight excluding hydrogens is 356 g/mol. The van der Waals surface area contributed by atoms with Gasteiger partial charge in [0.05, 0.1) is 30.7 Å². The van der Waals surface area contributed by atoms with Gasteiger partial charge in [-0.15, -0.1) is 0 Å². The Balaban J connectivity index is 1.80. The Morgan fingerprint density at radius 1 is 0.960 bits per heavy atom. The van der Waals surface area contributed by atoms with Crippen molar-refractivity contribution in [1.29, 1.82) is 0 Å². The van der Waals surface area contributed by atoms with Gasteiger partial charge in [0.15, 0.2) is 14.9 Å². The van der Waals surface area contributed by atoms with Crippen LogP contribution >= 0.6 is 12.2 Å². The molecule has 0 bridgehead atoms. The second kappa shape index (κ2) is 6.00. The summed E-state index contributed by atoms with van der Waals surface area (Å²) in [6.07, 6.45) is 0. The normalized spacial score (nSPS) is 24.4. The van der Waals surface area contributed by atoms with E-state index in [1.807, 2.05) is 64.4 Å². The summed E-state index contributed by atoms with van der Waals surface area (Å²) in [6, 6.07) is 16.9. The molecule has 2 saturated heterocycles. The number of benzene rings is 2. The van der Waals surface area contributed by atoms with Gasteiger partial charge in [0.1, 0.15) is 5.75 Å². The van der Waals surface area contributed by atoms with E-state index in [0.717, 1.165) is 17.1 Å². The van der Waals surface area contributed by atoms with Gasteiger partial charge in [0, 0.05) is 17.4 Å². The summed E-state index contributed by atoms with van der Waals surface area (Å²) in [4.78, 5) is 3.93. The highest BCUT2D eigenvalue weighted by Crippen LogP contribution is 2.38. The minimum atomic E-state index is -3.10. The molecule has 2 heterocycles. The van der Waals surface area contributed by atoms with Crippen LogP contribution in [0.4, 0.5) is 11.4 Å². The predicted octanol–water partition coefficient (Wildman–Crippen LogP) is 2.47. The lowest BCUT2D eigenvalue weighted by Gasteiger charge is -2.26. The number of fused-ring (bicyclic) bond motifs is 1. The number of thiocarbonyl (C=S) groups is 1. The van der Waals surface area contributed by atoms with Gasteiger partial charge in [-0.1, -0.05) is 24.3 Å². The van der Waals surface area contributed by atoms with Gasteiger partial charge in [-0.25, -0.2) is 8.42 Å². The molecule has 0 radical (unpaired) electrons. The second-order valence-electron chi connectivity index (χ2n) is 6.27. The van der Waals surface area contributed by atoms with E-state index in [0.29, 0.717) is 5.11 Å². The third kappa shape index (κ3) is 2.77. The number of anilines is 2. The zero-order valence-electron chi connectivity index (χ0n) is 13.7. The lowest BCUT2D eigenvalue weighted by Crippen LogP contribution is -2.37. The van der Waals surface area contributed by atoms with Crippen LogP contribution in [0.3, 0.4) is 0 Å². The summed E-state index contributed by atoms with van der Waals surface area (Å²) in [5.74, 6) is 0.946. The molecule has 2 aromatic carbocycles. The van der Waals surface area contributed by atoms with Crippen molar-refractivity contribution in [1.82, 2.24) is 0 Å². The number of hydrogen-bond acceptors (Lipinski definition) is 4. The first-order valence-electron chi connectivity index (χ1n) is 8.02. The Morgan fingerprint density at radius 3 is 2.20 bits per heavy atom. The Labute approximate surface area is 152 Å². The highest BCUT2D eigenvalue weighted by Gasteiger charge is 2.52. The van der Waals surface area contributed by atoms with E-state index in [1.165, 1.54) is 0 Å². The monoisotopic (exact) mass is 374 g/mol. The van der Waals surface area contributed by atoms with E-state index < -0.39 is 9.84 Å². The summed E-state index contributed by atoms with van der Waals surface area (Å²) in [7, 11) is -1.49. The fraction of sp³-hybridized carbons (Fsp3) is 0.278. The fourth-order valence-electron chi connectivity index (χ4n) is 3.66. The average Bonchev–Trinajstić information content (AvgIpc) is 3.04. The Morgan fingerprint density at radius 2 is 1.56 bits per heavy atom. The fourth-order valence-corrected chi connectivity index (χ4v) is 6.06. The zero-order chi connectivity index (χ0) is 17.6. The van der Waals surface area contributed by atoms with Crippen LogP contribution in [0.1, 0.15) is 0 Å². The van der Waals surface area contributed by atoms with Crippen molar-refractivity contribution in [2.75, 3.05) is 28.4 Å². The lowest BCUT2D eigenvalue weighted by atomic mass is 10.1. The smallest absolute Gasteiger partial charge is 0.181 e. The summed E-state index contributed by atoms with van der Waals surface area (Å²) >= 11 is 5.75. The molecule has 0 aliphatic carbocycles. The molecule has 4 rings (SSSR count). The van der Waals surface area contributed by atoms with Crippen molar-refractivity contribution in [2.24, 2.45) is 0 Å². The van der Waals surface area contributed by atoms with Crippen molar-refractivity contribution in [2.45, 2.75) is 12.1 Å². The van der Waals surface area contributed by atoms with Gasteiger partial charge in [-0.2, -0.15) is 0 Å². The SMILES string of the molecule is COc1cccc(N2C(=S)N(c3ccccc3)[C@H]3CS(=O)(=O)C[C@@H]32)c1. The number of ether oxygens (including phenoxy) is 1. The van der Waals surface area contributed by atoms with Gasteiger partial charge in [-0.05, 0) is 36.5 Å². The molecule has 130 valence electrons. The van der Waals surface area contributed by atoms with Crippen LogP contribution in [0.25, 0.3) is 0 Å². The summed E-state index contributed by atoms with van der Waals surface area (Å²) in [5.41, 5.74) is 1.78. The van der Waals surface area contributed by atoms with Gasteiger partial charge in [-0.3, -0.25) is 0 Å². The van der Waals surface area contributed by atoms with E-state index in [-0.39, 0.29) is 23.6 Å². The molecule has 5 nitrogen and oxygen atoms in total. The van der Waals surface area contributed by atoms with Gasteiger partial charge < -0.3 is 14.5 Å². The summed E-state index contributed by atoms with van der Waals surface area (Å²) < 4.78 is 29.9. The molecule has 2 fully saturated rings. The van der Waals surface area contributed by atoms with Gasteiger partial charge >= 0.3 is 0 Å². The molecule has 2 aliphatic rings. The molecule has 0 unspecified atom stereocenters. The quantitative estimate of drug-likeness (QED) is 0.770. The molecule has 25 heavy (non-hydrogen) atoms. The Kier molecular flexibility index (Phi) is 3.92. The standard InChI is InChI=1S/C18H18N2O3S2/c1-23-15-9-5-8-14(10-15)20-17-12-25(21,22)11-16(17)19(18(20)24)13-6-3-2-4-7-13/h2-10,16-17H,11-12H2,1H3/t16-,17-/m0/s1. The third-order valence-electron chi connectivity index (χ3n) is 4.73. The van der Waals surface area contributed by atoms with Crippen LogP contribution in [0.2, 0.25) is 0 Å². The van der Waals surface area contributed by atoms with Crippen LogP contribution in [-0.4, -0.2) is 44.2 Å². The Bertz CT molecular complexity index is 915. The maximum Gasteiger partial charge on any atom is 0.181 e. The Hall–Kier alpha value is -2.12. The van der Waals surface area contributed by atoms with Crippen molar-refractivity contribution >= 4 is 38.5 Å². The van der Waals surface area contributed by atoms with Crippen LogP contribution in [0.5, 0.6) is 5.75 Å². The molecule has 7 heteroatoms. The number of para-hydroxylation sites is 1. The molecule has 0 amide bonds. The first kappa shape index (κ1) is 16.4. The van der Waals surface area contributed by atoms with E-state index in [1.54, 1.807) is 7.11 Å². The van der Waals surface area contributed by atoms with E-state index in [4.69, 9.17) is 17.0 Å². The highest BCUT2D eigenvalue weighted by atomic mass is 32.2. The number of methoxy groups -OCH3 is 1. The first-order valence-corrected chi connectivity index (χ1v) is 10.2. The van der Waals surface area contributed by atoms with Crippen molar-refractivity contribution in [3.63, 3.8) is 0 Å². The molecule has 0 aromatic heterocycles. The molecule has 0 spiro atoms. The lowest BCUT2D eigenvalue weighted by molar-refractivity contribution is 0.415. The van der Waals surface area contributed by atoms with Crippen molar-refractivity contribution in [3.05, 3.63) is 54.6 Å². The molecule has 2 atom stereocenters. The average molecular weight is 374 g/mol. The van der Waals surface area contributed by atoms with E-state index in [9.17, 15) is 8.42 Å². The number of rotatable bonds is 3. The van der Waals surface area contributed by atoms with Crippen LogP contribution < -0.4 is 14.5 Å². The number of nitrogens with zero attached hydrogens (tertiary/aromatic N) is 2. The zero-order valence-corrected chi connectivity index (χ0v) is 15.3. The molecule has 0 saturated carbocycles. The van der Waals surface area contributed by atoms with E-state index >= 15 is 0 Å². The second-order valence-corrected chi connectivity index (χ2v) is 8.79. The number of sulfone groups is 1. The van der Waals surface area contributed by atoms with Gasteiger partial charge in [0.2, 0.25) is 0 Å². The maximum atomic E-state index is 12.3. The highest BCUT2D eigenvalue weighted by molar-refractivity contribution is 7.91. The molecule has 0 N–H and O–H groups in total. The molecular formula is C18H18N2O3S2. The van der Waals surface area contributed by atoms with Crippen LogP contribution in [-0.2, 0) is 9.84 Å². The number of hydrogen-bond donors (Lipinski definition) is 0. The minimum absolute atomic E-state index is 0.109. The van der Waals surface area contributed by atoms with Crippen molar-refractivity contribution in [3.8, 4) is 5.75 Å². The first-order chi connectivity index (χ1) is 12.0. The molecule has 2 aromatic rings. The van der Waals surface area contributed by atoms with Crippen LogP contribution in [0.15, 0.2) is 54.6 Å². The summed E-state index contributed by atoms with van der Waals surface area (Å²) in [5, 5.41) is 0.629. The van der Waals surface area contributed by atoms with Gasteiger partial charge in [0.25, 0.3) is 0 Å². The predicted molar refractivity (Wildman–Crippen MR) is 103 cm³/mol. The van der Waals surface area contributed by atoms with Crippen molar-refractivity contribution < 1.29 is 13.2 Å². The maximum absolute atomic E-state index is 12.3. The van der Waals surface area contributed by atoms with E-state index in [2.05, 4.69) is 0 Å². The summed E-state index contributed by atoms with van der Waals surface area (Å²) in [6.45, 7) is 0. The topological polar surface area (TPSA) is 49.9 Å². The van der Waals surface area contributed by atoms with Crippen LogP contribution in [0, 0.1) is 0 Å². The largest absolute Gasteiger partial charge is 0.497 e. The molecule has 2 aliphatic heterocycles. The third-order valence-corrected chi connectivity index (χ3v) is 6.83.